The molecule has 0 fully saturated rings. The first kappa shape index (κ1) is 17.2. The van der Waals surface area contributed by atoms with Gasteiger partial charge in [-0.15, -0.1) is 11.8 Å². The molecule has 0 bridgehead atoms. The summed E-state index contributed by atoms with van der Waals surface area (Å²) in [6, 6.07) is 3.53. The number of hydrogen-bond acceptors (Lipinski definition) is 6. The Hall–Kier alpha value is -2.61. The molecular weight excluding hydrogens is 338 g/mol. The van der Waals surface area contributed by atoms with Crippen molar-refractivity contribution in [3.05, 3.63) is 53.3 Å². The van der Waals surface area contributed by atoms with Crippen LogP contribution in [0, 0.1) is 13.8 Å². The number of amides is 1. The van der Waals surface area contributed by atoms with Gasteiger partial charge in [0.1, 0.15) is 10.8 Å². The number of thioether (sulfide) groups is 1. The normalized spacial score (nSPS) is 10.8. The summed E-state index contributed by atoms with van der Waals surface area (Å²) in [5.74, 6) is 1.43. The Morgan fingerprint density at radius 2 is 2.24 bits per heavy atom. The molecule has 3 heterocycles. The maximum Gasteiger partial charge on any atom is 0.258 e. The second kappa shape index (κ2) is 7.52. The molecule has 0 saturated heterocycles. The summed E-state index contributed by atoms with van der Waals surface area (Å²) in [5, 5.41) is 11.8. The Labute approximate surface area is 149 Å². The summed E-state index contributed by atoms with van der Waals surface area (Å²) < 4.78 is 6.91. The van der Waals surface area contributed by atoms with Crippen LogP contribution in [0.4, 0.5) is 5.69 Å². The predicted molar refractivity (Wildman–Crippen MR) is 95.9 cm³/mol. The number of carbonyl (C=O) groups excluding carboxylic acids is 1. The Kier molecular flexibility index (Phi) is 5.18. The summed E-state index contributed by atoms with van der Waals surface area (Å²) in [6.45, 7) is 6.34. The molecule has 1 amide bonds. The van der Waals surface area contributed by atoms with Gasteiger partial charge in [-0.3, -0.25) is 9.48 Å². The molecule has 0 spiro atoms. The average molecular weight is 357 g/mol. The topological polar surface area (TPSA) is 85.8 Å². The van der Waals surface area contributed by atoms with Crippen LogP contribution >= 0.6 is 11.8 Å². The van der Waals surface area contributed by atoms with Gasteiger partial charge >= 0.3 is 0 Å². The Bertz CT molecular complexity index is 867. The van der Waals surface area contributed by atoms with Crippen LogP contribution in [0.15, 0.2) is 40.3 Å². The van der Waals surface area contributed by atoms with Crippen LogP contribution in [-0.4, -0.2) is 31.6 Å². The van der Waals surface area contributed by atoms with Gasteiger partial charge in [-0.25, -0.2) is 4.98 Å². The molecule has 25 heavy (non-hydrogen) atoms. The monoisotopic (exact) mass is 357 g/mol. The maximum atomic E-state index is 12.5. The number of hydrogen-bond donors (Lipinski definition) is 1. The van der Waals surface area contributed by atoms with Gasteiger partial charge < -0.3 is 9.84 Å². The van der Waals surface area contributed by atoms with E-state index in [2.05, 4.69) is 20.6 Å². The Morgan fingerprint density at radius 1 is 1.40 bits per heavy atom. The minimum absolute atomic E-state index is 0.194. The van der Waals surface area contributed by atoms with Crippen LogP contribution in [0.5, 0.6) is 0 Å². The van der Waals surface area contributed by atoms with E-state index in [9.17, 15) is 4.79 Å². The SMILES string of the molecule is CCSc1ncccc1C(=O)Nc1cnn(Cc2c(C)noc2C)c1. The van der Waals surface area contributed by atoms with E-state index in [1.165, 1.54) is 0 Å². The fraction of sp³-hybridized carbons (Fsp3) is 0.294. The van der Waals surface area contributed by atoms with E-state index >= 15 is 0 Å². The van der Waals surface area contributed by atoms with Crippen LogP contribution in [-0.2, 0) is 6.54 Å². The van der Waals surface area contributed by atoms with E-state index in [-0.39, 0.29) is 5.91 Å². The van der Waals surface area contributed by atoms with Gasteiger partial charge in [0.25, 0.3) is 5.91 Å². The van der Waals surface area contributed by atoms with Crippen LogP contribution in [0.1, 0.15) is 34.3 Å². The molecule has 0 aliphatic carbocycles. The van der Waals surface area contributed by atoms with E-state index in [4.69, 9.17) is 4.52 Å². The van der Waals surface area contributed by atoms with Gasteiger partial charge in [0.2, 0.25) is 0 Å². The second-order valence-electron chi connectivity index (χ2n) is 5.47. The third-order valence-electron chi connectivity index (χ3n) is 3.69. The molecule has 0 radical (unpaired) electrons. The van der Waals surface area contributed by atoms with Gasteiger partial charge in [-0.2, -0.15) is 5.10 Å². The van der Waals surface area contributed by atoms with Gasteiger partial charge in [-0.05, 0) is 31.7 Å². The molecule has 8 heteroatoms. The largest absolute Gasteiger partial charge is 0.361 e. The van der Waals surface area contributed by atoms with Crippen molar-refractivity contribution >= 4 is 23.4 Å². The lowest BCUT2D eigenvalue weighted by Crippen LogP contribution is -2.13. The zero-order valence-electron chi connectivity index (χ0n) is 14.3. The number of pyridine rings is 1. The molecule has 7 nitrogen and oxygen atoms in total. The van der Waals surface area contributed by atoms with Crippen molar-refractivity contribution in [2.75, 3.05) is 11.1 Å². The van der Waals surface area contributed by atoms with E-state index in [1.54, 1.807) is 47.2 Å². The first-order valence-electron chi connectivity index (χ1n) is 7.92. The van der Waals surface area contributed by atoms with Crippen LogP contribution in [0.2, 0.25) is 0 Å². The molecule has 130 valence electrons. The van der Waals surface area contributed by atoms with Gasteiger partial charge in [-0.1, -0.05) is 12.1 Å². The quantitative estimate of drug-likeness (QED) is 0.681. The molecule has 3 rings (SSSR count). The lowest BCUT2D eigenvalue weighted by atomic mass is 10.2. The molecule has 3 aromatic heterocycles. The minimum Gasteiger partial charge on any atom is -0.361 e. The van der Waals surface area contributed by atoms with Crippen molar-refractivity contribution in [2.45, 2.75) is 32.3 Å². The first-order chi connectivity index (χ1) is 12.1. The molecule has 0 aliphatic rings. The van der Waals surface area contributed by atoms with Crippen LogP contribution in [0.3, 0.4) is 0 Å². The van der Waals surface area contributed by atoms with E-state index in [0.717, 1.165) is 27.8 Å². The third kappa shape index (κ3) is 3.90. The standard InChI is InChI=1S/C17H19N5O2S/c1-4-25-17-14(6-5-7-18-17)16(23)20-13-8-19-22(9-13)10-15-11(2)21-24-12(15)3/h5-9H,4,10H2,1-3H3,(H,20,23). The van der Waals surface area contributed by atoms with Gasteiger partial charge in [0.05, 0.1) is 29.7 Å². The van der Waals surface area contributed by atoms with Crippen LogP contribution < -0.4 is 5.32 Å². The molecule has 0 saturated carbocycles. The second-order valence-corrected chi connectivity index (χ2v) is 6.73. The zero-order chi connectivity index (χ0) is 17.8. The number of aryl methyl sites for hydroxylation is 2. The molecular formula is C17H19N5O2S. The molecule has 0 aliphatic heterocycles. The first-order valence-corrected chi connectivity index (χ1v) is 8.90. The van der Waals surface area contributed by atoms with Gasteiger partial charge in [0, 0.05) is 18.0 Å². The zero-order valence-corrected chi connectivity index (χ0v) is 15.1. The average Bonchev–Trinajstić information content (AvgIpc) is 3.17. The highest BCUT2D eigenvalue weighted by Gasteiger charge is 2.14. The minimum atomic E-state index is -0.194. The maximum absolute atomic E-state index is 12.5. The summed E-state index contributed by atoms with van der Waals surface area (Å²) in [5.41, 5.74) is 3.03. The third-order valence-corrected chi connectivity index (χ3v) is 4.58. The Balaban J connectivity index is 1.72. The Morgan fingerprint density at radius 3 is 2.96 bits per heavy atom. The van der Waals surface area contributed by atoms with Crippen molar-refractivity contribution in [1.82, 2.24) is 19.9 Å². The van der Waals surface area contributed by atoms with Crippen molar-refractivity contribution in [3.63, 3.8) is 0 Å². The molecule has 0 unspecified atom stereocenters. The fourth-order valence-electron chi connectivity index (χ4n) is 2.42. The smallest absolute Gasteiger partial charge is 0.258 e. The van der Waals surface area contributed by atoms with Crippen molar-refractivity contribution in [3.8, 4) is 0 Å². The van der Waals surface area contributed by atoms with Crippen LogP contribution in [0.25, 0.3) is 0 Å². The fourth-order valence-corrected chi connectivity index (χ4v) is 3.14. The number of aromatic nitrogens is 4. The highest BCUT2D eigenvalue weighted by molar-refractivity contribution is 7.99. The molecule has 3 aromatic rings. The summed E-state index contributed by atoms with van der Waals surface area (Å²) in [7, 11) is 0. The van der Waals surface area contributed by atoms with E-state index < -0.39 is 0 Å². The van der Waals surface area contributed by atoms with E-state index in [1.807, 2.05) is 20.8 Å². The summed E-state index contributed by atoms with van der Waals surface area (Å²) >= 11 is 1.54. The van der Waals surface area contributed by atoms with Crippen molar-refractivity contribution in [1.29, 1.82) is 0 Å². The highest BCUT2D eigenvalue weighted by Crippen LogP contribution is 2.21. The summed E-state index contributed by atoms with van der Waals surface area (Å²) in [6.07, 6.45) is 5.10. The number of nitrogens with zero attached hydrogens (tertiary/aromatic N) is 4. The molecule has 1 N–H and O–H groups in total. The van der Waals surface area contributed by atoms with Crippen molar-refractivity contribution in [2.24, 2.45) is 0 Å². The lowest BCUT2D eigenvalue weighted by molar-refractivity contribution is 0.102. The van der Waals surface area contributed by atoms with Crippen molar-refractivity contribution < 1.29 is 9.32 Å². The number of nitrogens with one attached hydrogen (secondary N) is 1. The molecule has 0 atom stereocenters. The number of rotatable bonds is 6. The lowest BCUT2D eigenvalue weighted by Gasteiger charge is -2.06. The van der Waals surface area contributed by atoms with Gasteiger partial charge in [0.15, 0.2) is 0 Å². The molecule has 0 aromatic carbocycles. The summed E-state index contributed by atoms with van der Waals surface area (Å²) in [4.78, 5) is 16.8. The van der Waals surface area contributed by atoms with E-state index in [0.29, 0.717) is 17.8 Å². The predicted octanol–water partition coefficient (Wildman–Crippen LogP) is 3.30. The number of carbonyl (C=O) groups is 1. The highest BCUT2D eigenvalue weighted by atomic mass is 32.2. The number of anilines is 1.